The summed E-state index contributed by atoms with van der Waals surface area (Å²) in [6.45, 7) is 8.46. The predicted octanol–water partition coefficient (Wildman–Crippen LogP) is 6.24. The molecular formula is C30H37ClFN3O5. The maximum Gasteiger partial charge on any atom is 0.338 e. The number of aldehydes is 1. The summed E-state index contributed by atoms with van der Waals surface area (Å²) in [7, 11) is 2.54. The van der Waals surface area contributed by atoms with Gasteiger partial charge in [0.05, 0.1) is 17.1 Å². The first-order valence-corrected chi connectivity index (χ1v) is 13.1. The molecule has 4 aromatic rings. The molecule has 1 atom stereocenters. The second kappa shape index (κ2) is 18.6. The van der Waals surface area contributed by atoms with Crippen molar-refractivity contribution in [1.29, 1.82) is 0 Å². The topological polar surface area (TPSA) is 104 Å². The number of carbonyl (C=O) groups excluding carboxylic acids is 2. The Hall–Kier alpha value is -3.66. The summed E-state index contributed by atoms with van der Waals surface area (Å²) in [6.07, 6.45) is 3.63. The van der Waals surface area contributed by atoms with E-state index in [2.05, 4.69) is 9.97 Å². The highest BCUT2D eigenvalue weighted by Crippen LogP contribution is 2.24. The maximum atomic E-state index is 14.1. The molecule has 1 N–H and O–H groups in total. The number of esters is 1. The Morgan fingerprint density at radius 2 is 1.62 bits per heavy atom. The van der Waals surface area contributed by atoms with Gasteiger partial charge in [0.2, 0.25) is 0 Å². The summed E-state index contributed by atoms with van der Waals surface area (Å²) < 4.78 is 26.4. The average molecular weight is 574 g/mol. The van der Waals surface area contributed by atoms with Crippen molar-refractivity contribution in [2.24, 2.45) is 0 Å². The first kappa shape index (κ1) is 34.4. The highest BCUT2D eigenvalue weighted by atomic mass is 35.5. The molecule has 4 rings (SSSR count). The molecule has 0 aliphatic heterocycles. The highest BCUT2D eigenvalue weighted by Gasteiger charge is 2.17. The van der Waals surface area contributed by atoms with Crippen LogP contribution in [0.2, 0.25) is 5.15 Å². The van der Waals surface area contributed by atoms with Gasteiger partial charge >= 0.3 is 5.97 Å². The molecule has 0 spiro atoms. The molecule has 1 unspecified atom stereocenters. The quantitative estimate of drug-likeness (QED) is 0.151. The number of nitrogens with zero attached hydrogens (tertiary/aromatic N) is 3. The molecule has 0 saturated heterocycles. The van der Waals surface area contributed by atoms with Crippen LogP contribution in [0.3, 0.4) is 0 Å². The average Bonchev–Trinajstić information content (AvgIpc) is 3.32. The number of aryl methyl sites for hydroxylation is 3. The number of aromatic nitrogens is 3. The summed E-state index contributed by atoms with van der Waals surface area (Å²) in [5.41, 5.74) is 3.89. The third kappa shape index (κ3) is 10.5. The monoisotopic (exact) mass is 573 g/mol. The second-order valence-corrected chi connectivity index (χ2v) is 8.53. The summed E-state index contributed by atoms with van der Waals surface area (Å²) in [6, 6.07) is 14.6. The third-order valence-corrected chi connectivity index (χ3v) is 5.77. The van der Waals surface area contributed by atoms with Crippen LogP contribution in [-0.2, 0) is 16.0 Å². The van der Waals surface area contributed by atoms with Crippen LogP contribution in [0.4, 0.5) is 4.39 Å². The number of carbonyl (C=O) groups is 2. The van der Waals surface area contributed by atoms with E-state index in [0.29, 0.717) is 24.2 Å². The van der Waals surface area contributed by atoms with Gasteiger partial charge in [-0.15, -0.1) is 0 Å². The van der Waals surface area contributed by atoms with Crippen molar-refractivity contribution < 1.29 is 28.6 Å². The van der Waals surface area contributed by atoms with Gasteiger partial charge in [-0.3, -0.25) is 4.79 Å². The van der Waals surface area contributed by atoms with Gasteiger partial charge < -0.3 is 19.1 Å². The summed E-state index contributed by atoms with van der Waals surface area (Å²) in [5.74, 6) is -0.885. The van der Waals surface area contributed by atoms with Crippen molar-refractivity contribution in [3.05, 3.63) is 94.3 Å². The first-order valence-electron chi connectivity index (χ1n) is 12.7. The minimum atomic E-state index is -0.477. The lowest BCUT2D eigenvalue weighted by Crippen LogP contribution is -2.22. The molecule has 0 aliphatic carbocycles. The molecule has 2 aromatic heterocycles. The number of hydrogen-bond acceptors (Lipinski definition) is 7. The predicted molar refractivity (Wildman–Crippen MR) is 155 cm³/mol. The van der Waals surface area contributed by atoms with E-state index >= 15 is 0 Å². The molecule has 8 nitrogen and oxygen atoms in total. The molecule has 2 heterocycles. The number of hydrogen-bond donors (Lipinski definition) is 1. The zero-order chi connectivity index (χ0) is 30.1. The molecule has 0 bridgehead atoms. The van der Waals surface area contributed by atoms with Crippen LogP contribution in [0.5, 0.6) is 0 Å². The minimum Gasteiger partial charge on any atom is -0.459 e. The van der Waals surface area contributed by atoms with Crippen LogP contribution in [0.1, 0.15) is 52.1 Å². The Kier molecular flexibility index (Phi) is 16.0. The van der Waals surface area contributed by atoms with E-state index in [1.54, 1.807) is 16.7 Å². The molecule has 0 saturated carbocycles. The zero-order valence-electron chi connectivity index (χ0n) is 23.7. The summed E-state index contributed by atoms with van der Waals surface area (Å²) >= 11 is 5.93. The van der Waals surface area contributed by atoms with Gasteiger partial charge in [-0.2, -0.15) is 0 Å². The number of halogens is 2. The first-order chi connectivity index (χ1) is 19.3. The van der Waals surface area contributed by atoms with E-state index in [0.717, 1.165) is 24.5 Å². The summed E-state index contributed by atoms with van der Waals surface area (Å²) in [4.78, 5) is 30.1. The fourth-order valence-corrected chi connectivity index (χ4v) is 3.57. The van der Waals surface area contributed by atoms with Crippen molar-refractivity contribution >= 4 is 34.9 Å². The van der Waals surface area contributed by atoms with Gasteiger partial charge in [0, 0.05) is 32.5 Å². The molecule has 40 heavy (non-hydrogen) atoms. The van der Waals surface area contributed by atoms with E-state index in [4.69, 9.17) is 26.2 Å². The molecule has 216 valence electrons. The van der Waals surface area contributed by atoms with Crippen molar-refractivity contribution in [1.82, 2.24) is 14.5 Å². The normalized spacial score (nSPS) is 10.6. The van der Waals surface area contributed by atoms with Crippen LogP contribution in [0, 0.1) is 19.7 Å². The second-order valence-electron chi connectivity index (χ2n) is 8.17. The molecule has 0 radical (unpaired) electrons. The Morgan fingerprint density at radius 1 is 1.05 bits per heavy atom. The minimum absolute atomic E-state index is 0.0755. The number of aliphatic hydroxyl groups excluding tert-OH is 1. The van der Waals surface area contributed by atoms with E-state index in [9.17, 15) is 14.0 Å². The zero-order valence-corrected chi connectivity index (χ0v) is 24.5. The molecule has 0 amide bonds. The van der Waals surface area contributed by atoms with Crippen LogP contribution in [-0.4, -0.2) is 58.8 Å². The van der Waals surface area contributed by atoms with Crippen LogP contribution < -0.4 is 0 Å². The van der Waals surface area contributed by atoms with Crippen molar-refractivity contribution in [2.45, 2.75) is 46.8 Å². The highest BCUT2D eigenvalue weighted by molar-refractivity contribution is 6.34. The van der Waals surface area contributed by atoms with E-state index in [1.807, 2.05) is 64.1 Å². The van der Waals surface area contributed by atoms with Gasteiger partial charge in [-0.05, 0) is 32.4 Å². The SMILES string of the molecule is CC.CO.COC(CCn1cc(F)c2c(Cl)ncnc21)COC(=O)c1ccc(C)cc1.Cc1ccc(C=O)cc1. The molecule has 0 aliphatic rings. The largest absolute Gasteiger partial charge is 0.459 e. The van der Waals surface area contributed by atoms with Gasteiger partial charge in [0.25, 0.3) is 0 Å². The number of methoxy groups -OCH3 is 1. The molecule has 2 aromatic carbocycles. The molecule has 10 heteroatoms. The van der Waals surface area contributed by atoms with E-state index in [-0.39, 0.29) is 23.3 Å². The number of rotatable bonds is 8. The van der Waals surface area contributed by atoms with Gasteiger partial charge in [-0.1, -0.05) is 73.0 Å². The van der Waals surface area contributed by atoms with E-state index in [1.165, 1.54) is 25.2 Å². The fourth-order valence-electron chi connectivity index (χ4n) is 3.35. The third-order valence-electron chi connectivity index (χ3n) is 5.49. The van der Waals surface area contributed by atoms with Gasteiger partial charge in [0.1, 0.15) is 30.0 Å². The van der Waals surface area contributed by atoms with Crippen molar-refractivity contribution in [3.8, 4) is 0 Å². The lowest BCUT2D eigenvalue weighted by atomic mass is 10.1. The Balaban J connectivity index is 0.000000515. The summed E-state index contributed by atoms with van der Waals surface area (Å²) in [5, 5.41) is 7.27. The number of ether oxygens (including phenoxy) is 2. The number of benzene rings is 2. The molecular weight excluding hydrogens is 537 g/mol. The Bertz CT molecular complexity index is 1310. The van der Waals surface area contributed by atoms with Gasteiger partial charge in [-0.25, -0.2) is 19.2 Å². The van der Waals surface area contributed by atoms with E-state index < -0.39 is 11.8 Å². The fraction of sp³-hybridized carbons (Fsp3) is 0.333. The van der Waals surface area contributed by atoms with Crippen LogP contribution >= 0.6 is 11.6 Å². The number of fused-ring (bicyclic) bond motifs is 1. The molecule has 0 fully saturated rings. The lowest BCUT2D eigenvalue weighted by molar-refractivity contribution is 0.00670. The van der Waals surface area contributed by atoms with Crippen molar-refractivity contribution in [2.75, 3.05) is 20.8 Å². The Morgan fingerprint density at radius 3 is 2.17 bits per heavy atom. The standard InChI is InChI=1S/C19H19ClFN3O3.C8H8O.C2H6.CH4O/c1-12-3-5-13(6-4-12)19(25)27-10-14(26-2)7-8-24-9-15(21)16-17(20)22-11-23-18(16)24;1-7-2-4-8(6-9)5-3-7;2*1-2/h3-6,9,11,14H,7-8,10H2,1-2H3;2-6H,1H3;1-2H3;2H,1H3. The lowest BCUT2D eigenvalue weighted by Gasteiger charge is -2.16. The van der Waals surface area contributed by atoms with Crippen molar-refractivity contribution in [3.63, 3.8) is 0 Å². The van der Waals surface area contributed by atoms with Gasteiger partial charge in [0.15, 0.2) is 5.82 Å². The number of aliphatic hydroxyl groups is 1. The maximum absolute atomic E-state index is 14.1. The van der Waals surface area contributed by atoms with Crippen LogP contribution in [0.25, 0.3) is 11.0 Å². The van der Waals surface area contributed by atoms with Crippen LogP contribution in [0.15, 0.2) is 61.1 Å². The Labute approximate surface area is 239 Å². The smallest absolute Gasteiger partial charge is 0.338 e.